The number of likely N-dealkylation sites (tertiary alicyclic amines) is 1. The average molecular weight is 417 g/mol. The Hall–Kier alpha value is -3.48. The standard InChI is InChI=1S/C24H23N3O4/c28-18-7-4-12-25-21(18)26-22(29)17(13-14-5-2-1-3-6-14)27-23(30)19-15-8-9-16(11-10-15)20(19)24(27)31/h1-9,12,15-17,19-20,28H,10-11,13H2,(H,25,26,29)/t15-,16-,17-,19-,20-/m0/s1. The van der Waals surface area contributed by atoms with Gasteiger partial charge in [0.1, 0.15) is 6.04 Å². The van der Waals surface area contributed by atoms with E-state index in [-0.39, 0.29) is 53.5 Å². The minimum atomic E-state index is -1.02. The van der Waals surface area contributed by atoms with E-state index in [9.17, 15) is 19.5 Å². The minimum absolute atomic E-state index is 0.00353. The number of benzene rings is 1. The molecule has 7 heteroatoms. The Morgan fingerprint density at radius 2 is 1.68 bits per heavy atom. The first kappa shape index (κ1) is 19.5. The number of aromatic nitrogens is 1. The van der Waals surface area contributed by atoms with E-state index in [0.29, 0.717) is 0 Å². The second-order valence-corrected chi connectivity index (χ2v) is 8.45. The summed E-state index contributed by atoms with van der Waals surface area (Å²) in [7, 11) is 0. The fraction of sp³-hybridized carbons (Fsp3) is 0.333. The molecule has 1 saturated carbocycles. The number of carbonyl (C=O) groups is 3. The number of amides is 3. The number of allylic oxidation sites excluding steroid dienone is 2. The third-order valence-electron chi connectivity index (χ3n) is 6.71. The number of aromatic hydroxyl groups is 1. The van der Waals surface area contributed by atoms with Crippen LogP contribution in [0.5, 0.6) is 5.75 Å². The molecule has 3 aliphatic carbocycles. The first-order valence-corrected chi connectivity index (χ1v) is 10.6. The van der Waals surface area contributed by atoms with Gasteiger partial charge in [-0.25, -0.2) is 4.98 Å². The zero-order chi connectivity index (χ0) is 21.5. The van der Waals surface area contributed by atoms with Crippen LogP contribution in [0.1, 0.15) is 18.4 Å². The molecule has 2 fully saturated rings. The van der Waals surface area contributed by atoms with Gasteiger partial charge in [-0.15, -0.1) is 0 Å². The van der Waals surface area contributed by atoms with E-state index >= 15 is 0 Å². The zero-order valence-corrected chi connectivity index (χ0v) is 16.8. The molecule has 0 spiro atoms. The maximum Gasteiger partial charge on any atom is 0.249 e. The fourth-order valence-electron chi connectivity index (χ4n) is 5.24. The summed E-state index contributed by atoms with van der Waals surface area (Å²) in [6.45, 7) is 0. The van der Waals surface area contributed by atoms with Gasteiger partial charge in [-0.3, -0.25) is 19.3 Å². The number of carbonyl (C=O) groups excluding carboxylic acids is 3. The predicted octanol–water partition coefficient (Wildman–Crippen LogP) is 2.53. The topological polar surface area (TPSA) is 99.6 Å². The van der Waals surface area contributed by atoms with Gasteiger partial charge < -0.3 is 10.4 Å². The van der Waals surface area contributed by atoms with Crippen LogP contribution in [0.4, 0.5) is 5.82 Å². The molecule has 1 saturated heterocycles. The van der Waals surface area contributed by atoms with Gasteiger partial charge in [0.2, 0.25) is 17.7 Å². The molecular weight excluding hydrogens is 394 g/mol. The molecule has 31 heavy (non-hydrogen) atoms. The lowest BCUT2D eigenvalue weighted by Crippen LogP contribution is -2.49. The average Bonchev–Trinajstić information content (AvgIpc) is 3.07. The predicted molar refractivity (Wildman–Crippen MR) is 113 cm³/mol. The van der Waals surface area contributed by atoms with Crippen LogP contribution in [0.15, 0.2) is 60.8 Å². The monoisotopic (exact) mass is 417 g/mol. The van der Waals surface area contributed by atoms with E-state index < -0.39 is 11.9 Å². The van der Waals surface area contributed by atoms with Gasteiger partial charge in [-0.2, -0.15) is 0 Å². The number of imide groups is 1. The zero-order valence-electron chi connectivity index (χ0n) is 16.8. The molecule has 2 aromatic rings. The SMILES string of the molecule is O=C(Nc1ncccc1O)[C@H](Cc1ccccc1)N1C(=O)[C@@H]2[C@@H](C1=O)[C@H]1C=C[C@H]2CC1. The van der Waals surface area contributed by atoms with Gasteiger partial charge in [0.15, 0.2) is 11.6 Å². The van der Waals surface area contributed by atoms with Crippen molar-refractivity contribution in [1.82, 2.24) is 9.88 Å². The molecule has 1 aliphatic heterocycles. The summed E-state index contributed by atoms with van der Waals surface area (Å²) in [5.74, 6) is -1.91. The molecule has 1 aromatic heterocycles. The Morgan fingerprint density at radius 3 is 2.26 bits per heavy atom. The van der Waals surface area contributed by atoms with Crippen molar-refractivity contribution in [3.63, 3.8) is 0 Å². The van der Waals surface area contributed by atoms with Gasteiger partial charge in [-0.05, 0) is 42.4 Å². The number of hydrogen-bond donors (Lipinski definition) is 2. The summed E-state index contributed by atoms with van der Waals surface area (Å²) < 4.78 is 0. The minimum Gasteiger partial charge on any atom is -0.504 e. The van der Waals surface area contributed by atoms with Gasteiger partial charge >= 0.3 is 0 Å². The van der Waals surface area contributed by atoms with E-state index in [1.165, 1.54) is 17.2 Å². The molecule has 4 aliphatic rings. The summed E-state index contributed by atoms with van der Waals surface area (Å²) in [5, 5.41) is 12.6. The quantitative estimate of drug-likeness (QED) is 0.575. The summed E-state index contributed by atoms with van der Waals surface area (Å²) >= 11 is 0. The normalized spacial score (nSPS) is 27.3. The lowest BCUT2D eigenvalue weighted by atomic mass is 9.63. The first-order chi connectivity index (χ1) is 15.0. The number of hydrogen-bond acceptors (Lipinski definition) is 5. The number of nitrogens with zero attached hydrogens (tertiary/aromatic N) is 2. The van der Waals surface area contributed by atoms with Crippen molar-refractivity contribution in [2.75, 3.05) is 5.32 Å². The van der Waals surface area contributed by atoms with Gasteiger partial charge in [0, 0.05) is 12.6 Å². The Labute approximate surface area is 179 Å². The van der Waals surface area contributed by atoms with Crippen LogP contribution >= 0.6 is 0 Å². The Balaban J connectivity index is 1.48. The molecule has 7 nitrogen and oxygen atoms in total. The lowest BCUT2D eigenvalue weighted by Gasteiger charge is -2.38. The van der Waals surface area contributed by atoms with E-state index in [1.807, 2.05) is 30.3 Å². The van der Waals surface area contributed by atoms with Crippen molar-refractivity contribution in [1.29, 1.82) is 0 Å². The molecule has 0 radical (unpaired) electrons. The Kier molecular flexibility index (Phi) is 4.81. The lowest BCUT2D eigenvalue weighted by molar-refractivity contribution is -0.146. The van der Waals surface area contributed by atoms with Crippen LogP contribution in [0, 0.1) is 23.7 Å². The van der Waals surface area contributed by atoms with Crippen molar-refractivity contribution in [2.24, 2.45) is 23.7 Å². The molecule has 5 atom stereocenters. The van der Waals surface area contributed by atoms with Crippen LogP contribution < -0.4 is 5.32 Å². The van der Waals surface area contributed by atoms with Gasteiger partial charge in [0.05, 0.1) is 11.8 Å². The van der Waals surface area contributed by atoms with Crippen LogP contribution in [0.25, 0.3) is 0 Å². The largest absolute Gasteiger partial charge is 0.504 e. The van der Waals surface area contributed by atoms with Crippen LogP contribution in [-0.2, 0) is 20.8 Å². The smallest absolute Gasteiger partial charge is 0.249 e. The highest BCUT2D eigenvalue weighted by Crippen LogP contribution is 2.50. The number of anilines is 1. The highest BCUT2D eigenvalue weighted by molar-refractivity contribution is 6.10. The maximum absolute atomic E-state index is 13.4. The molecule has 2 N–H and O–H groups in total. The van der Waals surface area contributed by atoms with Gasteiger partial charge in [0.25, 0.3) is 0 Å². The molecule has 3 amide bonds. The molecule has 6 rings (SSSR count). The van der Waals surface area contributed by atoms with Crippen molar-refractivity contribution < 1.29 is 19.5 Å². The number of pyridine rings is 1. The summed E-state index contributed by atoms with van der Waals surface area (Å²) in [5.41, 5.74) is 0.837. The highest BCUT2D eigenvalue weighted by atomic mass is 16.3. The highest BCUT2D eigenvalue weighted by Gasteiger charge is 2.58. The van der Waals surface area contributed by atoms with Crippen molar-refractivity contribution in [2.45, 2.75) is 25.3 Å². The molecule has 1 aromatic carbocycles. The molecule has 0 unspecified atom stereocenters. The summed E-state index contributed by atoms with van der Waals surface area (Å²) in [4.78, 5) is 45.3. The van der Waals surface area contributed by atoms with E-state index in [0.717, 1.165) is 18.4 Å². The van der Waals surface area contributed by atoms with Crippen LogP contribution in [0.3, 0.4) is 0 Å². The number of fused-ring (bicyclic) bond motifs is 1. The Bertz CT molecular complexity index is 1040. The number of nitrogens with one attached hydrogen (secondary N) is 1. The second kappa shape index (κ2) is 7.65. The second-order valence-electron chi connectivity index (χ2n) is 8.45. The molecule has 2 heterocycles. The van der Waals surface area contributed by atoms with Crippen LogP contribution in [-0.4, -0.2) is 38.8 Å². The van der Waals surface area contributed by atoms with E-state index in [2.05, 4.69) is 22.5 Å². The molecule has 2 bridgehead atoms. The summed E-state index contributed by atoms with van der Waals surface area (Å²) in [6, 6.07) is 11.2. The summed E-state index contributed by atoms with van der Waals surface area (Å²) in [6.07, 6.45) is 7.55. The molecular formula is C24H23N3O4. The van der Waals surface area contributed by atoms with Crippen molar-refractivity contribution >= 4 is 23.5 Å². The van der Waals surface area contributed by atoms with E-state index in [4.69, 9.17) is 0 Å². The number of rotatable bonds is 5. The van der Waals surface area contributed by atoms with Gasteiger partial charge in [-0.1, -0.05) is 42.5 Å². The van der Waals surface area contributed by atoms with Crippen molar-refractivity contribution in [3.8, 4) is 5.75 Å². The third-order valence-corrected chi connectivity index (χ3v) is 6.71. The maximum atomic E-state index is 13.4. The van der Waals surface area contributed by atoms with Crippen LogP contribution in [0.2, 0.25) is 0 Å². The van der Waals surface area contributed by atoms with E-state index in [1.54, 1.807) is 6.07 Å². The Morgan fingerprint density at radius 1 is 1.03 bits per heavy atom. The molecule has 158 valence electrons. The third kappa shape index (κ3) is 3.30. The van der Waals surface area contributed by atoms with Crippen molar-refractivity contribution in [3.05, 3.63) is 66.4 Å². The fourth-order valence-corrected chi connectivity index (χ4v) is 5.24. The first-order valence-electron chi connectivity index (χ1n) is 10.6.